The van der Waals surface area contributed by atoms with E-state index in [2.05, 4.69) is 6.07 Å². The average Bonchev–Trinajstić information content (AvgIpc) is 2.11. The second kappa shape index (κ2) is 4.58. The van der Waals surface area contributed by atoms with E-state index in [-0.39, 0.29) is 0 Å². The number of aliphatic hydroxyl groups excluding tert-OH is 2. The third kappa shape index (κ3) is 2.82. The molecule has 2 nitrogen and oxygen atoms in total. The van der Waals surface area contributed by atoms with Crippen LogP contribution in [0, 0.1) is 13.8 Å². The summed E-state index contributed by atoms with van der Waals surface area (Å²) < 4.78 is 0. The Kier molecular flexibility index (Phi) is 3.67. The lowest BCUT2D eigenvalue weighted by molar-refractivity contribution is 0.0319. The van der Waals surface area contributed by atoms with Gasteiger partial charge in [-0.2, -0.15) is 0 Å². The molecule has 14 heavy (non-hydrogen) atoms. The number of aryl methyl sites for hydroxylation is 2. The van der Waals surface area contributed by atoms with Crippen molar-refractivity contribution in [1.82, 2.24) is 0 Å². The van der Waals surface area contributed by atoms with Crippen LogP contribution in [-0.2, 0) is 6.42 Å². The molecule has 0 amide bonds. The molecule has 2 heteroatoms. The van der Waals surface area contributed by atoms with E-state index in [9.17, 15) is 10.2 Å². The maximum atomic E-state index is 9.55. The van der Waals surface area contributed by atoms with Gasteiger partial charge in [0, 0.05) is 6.42 Å². The summed E-state index contributed by atoms with van der Waals surface area (Å²) in [5.74, 6) is 0. The summed E-state index contributed by atoms with van der Waals surface area (Å²) in [7, 11) is 0. The Morgan fingerprint density at radius 1 is 1.21 bits per heavy atom. The van der Waals surface area contributed by atoms with Crippen molar-refractivity contribution in [2.45, 2.75) is 39.4 Å². The predicted octanol–water partition coefficient (Wildman–Crippen LogP) is 1.59. The van der Waals surface area contributed by atoms with Crippen LogP contribution in [0.5, 0.6) is 0 Å². The molecule has 0 heterocycles. The summed E-state index contributed by atoms with van der Waals surface area (Å²) in [5, 5.41) is 18.7. The van der Waals surface area contributed by atoms with Gasteiger partial charge in [-0.15, -0.1) is 0 Å². The Morgan fingerprint density at radius 2 is 1.86 bits per heavy atom. The fourth-order valence-electron chi connectivity index (χ4n) is 1.42. The quantitative estimate of drug-likeness (QED) is 0.767. The van der Waals surface area contributed by atoms with Gasteiger partial charge in [0.05, 0.1) is 12.2 Å². The average molecular weight is 194 g/mol. The molecule has 2 unspecified atom stereocenters. The molecule has 0 aromatic heterocycles. The van der Waals surface area contributed by atoms with Crippen molar-refractivity contribution in [1.29, 1.82) is 0 Å². The van der Waals surface area contributed by atoms with E-state index in [0.29, 0.717) is 6.42 Å². The monoisotopic (exact) mass is 194 g/mol. The summed E-state index contributed by atoms with van der Waals surface area (Å²) in [4.78, 5) is 0. The fourth-order valence-corrected chi connectivity index (χ4v) is 1.42. The van der Waals surface area contributed by atoms with Gasteiger partial charge in [-0.3, -0.25) is 0 Å². The van der Waals surface area contributed by atoms with Crippen LogP contribution in [0.1, 0.15) is 23.6 Å². The van der Waals surface area contributed by atoms with E-state index in [1.54, 1.807) is 6.92 Å². The largest absolute Gasteiger partial charge is 0.391 e. The molecule has 0 spiro atoms. The van der Waals surface area contributed by atoms with E-state index >= 15 is 0 Å². The number of rotatable bonds is 3. The molecule has 0 radical (unpaired) electrons. The first kappa shape index (κ1) is 11.2. The number of aliphatic hydroxyl groups is 2. The zero-order chi connectivity index (χ0) is 10.7. The van der Waals surface area contributed by atoms with Gasteiger partial charge in [0.25, 0.3) is 0 Å². The van der Waals surface area contributed by atoms with Crippen molar-refractivity contribution in [2.75, 3.05) is 0 Å². The number of hydrogen-bond acceptors (Lipinski definition) is 2. The molecule has 0 aliphatic carbocycles. The van der Waals surface area contributed by atoms with Crippen molar-refractivity contribution in [2.24, 2.45) is 0 Å². The number of benzene rings is 1. The highest BCUT2D eigenvalue weighted by Crippen LogP contribution is 2.13. The van der Waals surface area contributed by atoms with Crippen LogP contribution < -0.4 is 0 Å². The van der Waals surface area contributed by atoms with Crippen LogP contribution in [0.2, 0.25) is 0 Å². The van der Waals surface area contributed by atoms with Crippen LogP contribution >= 0.6 is 0 Å². The van der Waals surface area contributed by atoms with E-state index < -0.39 is 12.2 Å². The second-order valence-corrected chi connectivity index (χ2v) is 3.94. The smallest absolute Gasteiger partial charge is 0.0836 e. The Morgan fingerprint density at radius 3 is 2.43 bits per heavy atom. The van der Waals surface area contributed by atoms with Gasteiger partial charge < -0.3 is 10.2 Å². The SMILES string of the molecule is Cc1ccc(C)c(CC(O)C(C)O)c1. The molecule has 2 atom stereocenters. The summed E-state index contributed by atoms with van der Waals surface area (Å²) in [6.45, 7) is 5.65. The lowest BCUT2D eigenvalue weighted by Crippen LogP contribution is -2.25. The van der Waals surface area contributed by atoms with Crippen LogP contribution in [0.15, 0.2) is 18.2 Å². The molecule has 0 saturated carbocycles. The molecule has 1 aromatic carbocycles. The Hall–Kier alpha value is -0.860. The summed E-state index contributed by atoms with van der Waals surface area (Å²) >= 11 is 0. The molecule has 2 N–H and O–H groups in total. The molecule has 1 rings (SSSR count). The van der Waals surface area contributed by atoms with Crippen LogP contribution in [0.3, 0.4) is 0 Å². The third-order valence-electron chi connectivity index (χ3n) is 2.49. The van der Waals surface area contributed by atoms with Crippen molar-refractivity contribution in [3.63, 3.8) is 0 Å². The van der Waals surface area contributed by atoms with Gasteiger partial charge in [-0.25, -0.2) is 0 Å². The lowest BCUT2D eigenvalue weighted by Gasteiger charge is -2.15. The summed E-state index contributed by atoms with van der Waals surface area (Å²) in [6.07, 6.45) is -0.823. The first-order chi connectivity index (χ1) is 6.50. The normalized spacial score (nSPS) is 15.2. The Balaban J connectivity index is 2.80. The molecular weight excluding hydrogens is 176 g/mol. The second-order valence-electron chi connectivity index (χ2n) is 3.94. The zero-order valence-electron chi connectivity index (χ0n) is 8.99. The minimum atomic E-state index is -0.671. The zero-order valence-corrected chi connectivity index (χ0v) is 8.99. The molecule has 0 bridgehead atoms. The van der Waals surface area contributed by atoms with Crippen LogP contribution in [0.4, 0.5) is 0 Å². The Bertz CT molecular complexity index is 305. The van der Waals surface area contributed by atoms with Crippen molar-refractivity contribution >= 4 is 0 Å². The standard InChI is InChI=1S/C12H18O2/c1-8-4-5-9(2)11(6-8)7-12(14)10(3)13/h4-6,10,12-14H,7H2,1-3H3. The third-order valence-corrected chi connectivity index (χ3v) is 2.49. The molecule has 1 aromatic rings. The highest BCUT2D eigenvalue weighted by atomic mass is 16.3. The molecule has 0 aliphatic rings. The van der Waals surface area contributed by atoms with E-state index in [1.807, 2.05) is 26.0 Å². The minimum absolute atomic E-state index is 0.519. The molecular formula is C12H18O2. The highest BCUT2D eigenvalue weighted by Gasteiger charge is 2.12. The van der Waals surface area contributed by atoms with Gasteiger partial charge in [-0.1, -0.05) is 23.8 Å². The first-order valence-corrected chi connectivity index (χ1v) is 4.93. The highest BCUT2D eigenvalue weighted by molar-refractivity contribution is 5.30. The predicted molar refractivity (Wildman–Crippen MR) is 57.3 cm³/mol. The molecule has 78 valence electrons. The van der Waals surface area contributed by atoms with Gasteiger partial charge in [0.1, 0.15) is 0 Å². The topological polar surface area (TPSA) is 40.5 Å². The summed E-state index contributed by atoms with van der Waals surface area (Å²) in [6, 6.07) is 6.15. The molecule has 0 aliphatic heterocycles. The van der Waals surface area contributed by atoms with Gasteiger partial charge >= 0.3 is 0 Å². The van der Waals surface area contributed by atoms with Crippen molar-refractivity contribution in [3.8, 4) is 0 Å². The Labute approximate surface area is 85.2 Å². The first-order valence-electron chi connectivity index (χ1n) is 4.93. The van der Waals surface area contributed by atoms with E-state index in [1.165, 1.54) is 5.56 Å². The van der Waals surface area contributed by atoms with Crippen LogP contribution in [0.25, 0.3) is 0 Å². The lowest BCUT2D eigenvalue weighted by atomic mass is 9.98. The van der Waals surface area contributed by atoms with Crippen LogP contribution in [-0.4, -0.2) is 22.4 Å². The maximum Gasteiger partial charge on any atom is 0.0836 e. The van der Waals surface area contributed by atoms with Gasteiger partial charge in [0.2, 0.25) is 0 Å². The summed E-state index contributed by atoms with van der Waals surface area (Å²) in [5.41, 5.74) is 3.46. The van der Waals surface area contributed by atoms with E-state index in [4.69, 9.17) is 0 Å². The molecule has 0 fully saturated rings. The maximum absolute atomic E-state index is 9.55. The fraction of sp³-hybridized carbons (Fsp3) is 0.500. The van der Waals surface area contributed by atoms with Crippen molar-refractivity contribution in [3.05, 3.63) is 34.9 Å². The van der Waals surface area contributed by atoms with Gasteiger partial charge in [0.15, 0.2) is 0 Å². The van der Waals surface area contributed by atoms with Gasteiger partial charge in [-0.05, 0) is 31.9 Å². The molecule has 0 saturated heterocycles. The minimum Gasteiger partial charge on any atom is -0.391 e. The number of hydrogen-bond donors (Lipinski definition) is 2. The van der Waals surface area contributed by atoms with E-state index in [0.717, 1.165) is 11.1 Å². The van der Waals surface area contributed by atoms with Crippen molar-refractivity contribution < 1.29 is 10.2 Å².